The first-order valence-electron chi connectivity index (χ1n) is 9.38. The van der Waals surface area contributed by atoms with E-state index in [2.05, 4.69) is 21.7 Å². The van der Waals surface area contributed by atoms with Crippen molar-refractivity contribution in [1.82, 2.24) is 15.1 Å². The molecule has 2 heterocycles. The van der Waals surface area contributed by atoms with E-state index in [0.29, 0.717) is 25.2 Å². The molecule has 1 saturated heterocycles. The van der Waals surface area contributed by atoms with Crippen LogP contribution >= 0.6 is 11.3 Å². The number of hydrogen-bond donors (Lipinski definition) is 1. The SMILES string of the molecule is CN(C)C(CNC(=O)C1CCN(C(=O)c2ccccc2)CC1)c1cccs1. The third-order valence-corrected chi connectivity index (χ3v) is 6.11. The van der Waals surface area contributed by atoms with Crippen molar-refractivity contribution in [3.8, 4) is 0 Å². The Morgan fingerprint density at radius 1 is 1.15 bits per heavy atom. The van der Waals surface area contributed by atoms with Crippen LogP contribution in [-0.2, 0) is 4.79 Å². The van der Waals surface area contributed by atoms with Crippen LogP contribution in [-0.4, -0.2) is 55.3 Å². The highest BCUT2D eigenvalue weighted by Crippen LogP contribution is 2.23. The third-order valence-electron chi connectivity index (χ3n) is 5.14. The number of carbonyl (C=O) groups is 2. The van der Waals surface area contributed by atoms with Gasteiger partial charge in [0.05, 0.1) is 6.04 Å². The predicted octanol–water partition coefficient (Wildman–Crippen LogP) is 3.02. The smallest absolute Gasteiger partial charge is 0.253 e. The molecule has 1 aromatic heterocycles. The van der Waals surface area contributed by atoms with Crippen molar-refractivity contribution in [2.45, 2.75) is 18.9 Å². The van der Waals surface area contributed by atoms with Gasteiger partial charge in [0.2, 0.25) is 5.91 Å². The number of piperidine rings is 1. The lowest BCUT2D eigenvalue weighted by atomic mass is 9.95. The lowest BCUT2D eigenvalue weighted by Crippen LogP contribution is -2.44. The molecule has 1 aliphatic heterocycles. The first-order valence-corrected chi connectivity index (χ1v) is 10.3. The largest absolute Gasteiger partial charge is 0.354 e. The van der Waals surface area contributed by atoms with E-state index in [-0.39, 0.29) is 23.8 Å². The molecule has 144 valence electrons. The molecule has 0 aliphatic carbocycles. The Balaban J connectivity index is 1.49. The van der Waals surface area contributed by atoms with Crippen LogP contribution < -0.4 is 5.32 Å². The molecule has 0 radical (unpaired) electrons. The van der Waals surface area contributed by atoms with Crippen LogP contribution in [0.15, 0.2) is 47.8 Å². The molecule has 5 nitrogen and oxygen atoms in total. The minimum absolute atomic E-state index is 0.0176. The first-order chi connectivity index (χ1) is 13.1. The van der Waals surface area contributed by atoms with Gasteiger partial charge in [0.25, 0.3) is 5.91 Å². The summed E-state index contributed by atoms with van der Waals surface area (Å²) in [5.74, 6) is 0.140. The Hall–Kier alpha value is -2.18. The minimum atomic E-state index is -0.0176. The summed E-state index contributed by atoms with van der Waals surface area (Å²) in [4.78, 5) is 30.4. The van der Waals surface area contributed by atoms with E-state index in [0.717, 1.165) is 12.8 Å². The fraction of sp³-hybridized carbons (Fsp3) is 0.429. The topological polar surface area (TPSA) is 52.7 Å². The summed E-state index contributed by atoms with van der Waals surface area (Å²) >= 11 is 1.71. The number of likely N-dealkylation sites (N-methyl/N-ethyl adjacent to an activating group) is 1. The van der Waals surface area contributed by atoms with Gasteiger partial charge < -0.3 is 15.1 Å². The van der Waals surface area contributed by atoms with Crippen molar-refractivity contribution in [2.24, 2.45) is 5.92 Å². The van der Waals surface area contributed by atoms with E-state index in [9.17, 15) is 9.59 Å². The lowest BCUT2D eigenvalue weighted by Gasteiger charge is -2.32. The molecular weight excluding hydrogens is 358 g/mol. The molecule has 1 N–H and O–H groups in total. The Bertz CT molecular complexity index is 738. The van der Waals surface area contributed by atoms with Gasteiger partial charge in [-0.2, -0.15) is 0 Å². The van der Waals surface area contributed by atoms with Gasteiger partial charge in [-0.05, 0) is 50.5 Å². The monoisotopic (exact) mass is 385 g/mol. The van der Waals surface area contributed by atoms with Crippen LogP contribution in [0.1, 0.15) is 34.1 Å². The number of carbonyl (C=O) groups excluding carboxylic acids is 2. The minimum Gasteiger partial charge on any atom is -0.354 e. The van der Waals surface area contributed by atoms with Gasteiger partial charge in [-0.25, -0.2) is 0 Å². The average molecular weight is 386 g/mol. The molecular formula is C21H27N3O2S. The molecule has 1 unspecified atom stereocenters. The molecule has 0 bridgehead atoms. The van der Waals surface area contributed by atoms with Crippen LogP contribution in [0.25, 0.3) is 0 Å². The second-order valence-electron chi connectivity index (χ2n) is 7.17. The van der Waals surface area contributed by atoms with E-state index in [1.165, 1.54) is 4.88 Å². The Morgan fingerprint density at radius 2 is 1.85 bits per heavy atom. The van der Waals surface area contributed by atoms with Crippen molar-refractivity contribution < 1.29 is 9.59 Å². The van der Waals surface area contributed by atoms with E-state index < -0.39 is 0 Å². The number of rotatable bonds is 6. The van der Waals surface area contributed by atoms with Gasteiger partial charge in [0.15, 0.2) is 0 Å². The van der Waals surface area contributed by atoms with E-state index in [4.69, 9.17) is 0 Å². The van der Waals surface area contributed by atoms with E-state index in [1.54, 1.807) is 11.3 Å². The van der Waals surface area contributed by atoms with Gasteiger partial charge in [-0.1, -0.05) is 24.3 Å². The summed E-state index contributed by atoms with van der Waals surface area (Å²) in [6.45, 7) is 1.87. The highest BCUT2D eigenvalue weighted by molar-refractivity contribution is 7.10. The summed E-state index contributed by atoms with van der Waals surface area (Å²) in [5, 5.41) is 5.18. The number of nitrogens with one attached hydrogen (secondary N) is 1. The highest BCUT2D eigenvalue weighted by atomic mass is 32.1. The van der Waals surface area contributed by atoms with Crippen LogP contribution in [0, 0.1) is 5.92 Å². The summed E-state index contributed by atoms with van der Waals surface area (Å²) < 4.78 is 0. The predicted molar refractivity (Wildman–Crippen MR) is 109 cm³/mol. The zero-order chi connectivity index (χ0) is 19.2. The van der Waals surface area contributed by atoms with Crippen molar-refractivity contribution in [2.75, 3.05) is 33.7 Å². The normalized spacial score (nSPS) is 16.3. The third kappa shape index (κ3) is 4.96. The van der Waals surface area contributed by atoms with Gasteiger partial charge in [-0.3, -0.25) is 9.59 Å². The molecule has 27 heavy (non-hydrogen) atoms. The van der Waals surface area contributed by atoms with E-state index in [1.807, 2.05) is 55.4 Å². The molecule has 0 spiro atoms. The molecule has 1 aliphatic rings. The van der Waals surface area contributed by atoms with E-state index >= 15 is 0 Å². The summed E-state index contributed by atoms with van der Waals surface area (Å²) in [5.41, 5.74) is 0.713. The van der Waals surface area contributed by atoms with Crippen molar-refractivity contribution in [1.29, 1.82) is 0 Å². The summed E-state index contributed by atoms with van der Waals surface area (Å²) in [6, 6.07) is 13.7. The first kappa shape index (κ1) is 19.6. The fourth-order valence-corrected chi connectivity index (χ4v) is 4.39. The number of hydrogen-bond acceptors (Lipinski definition) is 4. The van der Waals surface area contributed by atoms with Gasteiger partial charge in [0, 0.05) is 36.0 Å². The quantitative estimate of drug-likeness (QED) is 0.832. The van der Waals surface area contributed by atoms with Gasteiger partial charge >= 0.3 is 0 Å². The molecule has 0 saturated carbocycles. The van der Waals surface area contributed by atoms with Crippen LogP contribution in [0.4, 0.5) is 0 Å². The Kier molecular flexibility index (Phi) is 6.63. The van der Waals surface area contributed by atoms with Crippen molar-refractivity contribution in [3.63, 3.8) is 0 Å². The number of thiophene rings is 1. The van der Waals surface area contributed by atoms with Crippen LogP contribution in [0.5, 0.6) is 0 Å². The lowest BCUT2D eigenvalue weighted by molar-refractivity contribution is -0.126. The molecule has 6 heteroatoms. The molecule has 1 fully saturated rings. The number of likely N-dealkylation sites (tertiary alicyclic amines) is 1. The zero-order valence-electron chi connectivity index (χ0n) is 15.9. The van der Waals surface area contributed by atoms with Crippen LogP contribution in [0.3, 0.4) is 0 Å². The highest BCUT2D eigenvalue weighted by Gasteiger charge is 2.28. The Labute approximate surface area is 165 Å². The van der Waals surface area contributed by atoms with Crippen molar-refractivity contribution >= 4 is 23.2 Å². The molecule has 1 atom stereocenters. The molecule has 1 aromatic carbocycles. The second-order valence-corrected chi connectivity index (χ2v) is 8.15. The maximum Gasteiger partial charge on any atom is 0.253 e. The molecule has 2 amide bonds. The number of amides is 2. The average Bonchev–Trinajstić information content (AvgIpc) is 3.22. The van der Waals surface area contributed by atoms with Gasteiger partial charge in [-0.15, -0.1) is 11.3 Å². The standard InChI is InChI=1S/C21H27N3O2S/c1-23(2)18(19-9-6-14-27-19)15-22-20(25)16-10-12-24(13-11-16)21(26)17-7-4-3-5-8-17/h3-9,14,16,18H,10-13,15H2,1-2H3,(H,22,25). The summed E-state index contributed by atoms with van der Waals surface area (Å²) in [7, 11) is 4.06. The summed E-state index contributed by atoms with van der Waals surface area (Å²) in [6.07, 6.45) is 1.44. The number of benzene rings is 1. The fourth-order valence-electron chi connectivity index (χ4n) is 3.47. The van der Waals surface area contributed by atoms with Crippen molar-refractivity contribution in [3.05, 3.63) is 58.3 Å². The van der Waals surface area contributed by atoms with Gasteiger partial charge in [0.1, 0.15) is 0 Å². The maximum absolute atomic E-state index is 12.6. The molecule has 3 rings (SSSR count). The zero-order valence-corrected chi connectivity index (χ0v) is 16.7. The number of nitrogens with zero attached hydrogens (tertiary/aromatic N) is 2. The Morgan fingerprint density at radius 3 is 2.44 bits per heavy atom. The molecule has 2 aromatic rings. The maximum atomic E-state index is 12.6. The van der Waals surface area contributed by atoms with Crippen LogP contribution in [0.2, 0.25) is 0 Å². The second kappa shape index (κ2) is 9.15.